The van der Waals surface area contributed by atoms with Crippen molar-refractivity contribution in [1.82, 2.24) is 34.7 Å². The standard InChI is InChI=1S/C31H34F2N8O2/c1-19(39-9-11-40(12-10-39)30(42)20-3-4-20)21-7-8-34-23(13-21)15-26-37-24-6-5-22(14-25(24)38-26)27-28(43-2)29(36-18-35-27)41-16-31(32,33)17-41/h5-8,13-14,18-20H,3-4,9-12,15-17H2,1-2H3,(H,37,38). The van der Waals surface area contributed by atoms with Crippen molar-refractivity contribution in [3.63, 3.8) is 0 Å². The molecule has 0 radical (unpaired) electrons. The lowest BCUT2D eigenvalue weighted by molar-refractivity contribution is -0.134. The quantitative estimate of drug-likeness (QED) is 0.329. The zero-order valence-electron chi connectivity index (χ0n) is 24.3. The van der Waals surface area contributed by atoms with Crippen LogP contribution >= 0.6 is 0 Å². The number of H-pyrrole nitrogens is 1. The Kier molecular flexibility index (Phi) is 6.95. The topological polar surface area (TPSA) is 103 Å². The van der Waals surface area contributed by atoms with Gasteiger partial charge >= 0.3 is 0 Å². The molecule has 10 nitrogen and oxygen atoms in total. The van der Waals surface area contributed by atoms with Crippen LogP contribution in [0.5, 0.6) is 5.75 Å². The summed E-state index contributed by atoms with van der Waals surface area (Å²) in [5.41, 5.74) is 5.03. The Labute approximate surface area is 248 Å². The number of carbonyl (C=O) groups excluding carboxylic acids is 1. The van der Waals surface area contributed by atoms with Crippen LogP contribution < -0.4 is 9.64 Å². The first kappa shape index (κ1) is 27.6. The highest BCUT2D eigenvalue weighted by atomic mass is 19.3. The summed E-state index contributed by atoms with van der Waals surface area (Å²) in [5, 5.41) is 0. The van der Waals surface area contributed by atoms with Gasteiger partial charge in [-0.2, -0.15) is 0 Å². The van der Waals surface area contributed by atoms with Crippen LogP contribution in [0.15, 0.2) is 42.9 Å². The number of hydrogen-bond acceptors (Lipinski definition) is 8. The highest BCUT2D eigenvalue weighted by Crippen LogP contribution is 2.40. The van der Waals surface area contributed by atoms with Gasteiger partial charge in [0.05, 0.1) is 31.2 Å². The fourth-order valence-electron chi connectivity index (χ4n) is 6.09. The Hall–Kier alpha value is -4.19. The number of aromatic nitrogens is 5. The first-order valence-corrected chi connectivity index (χ1v) is 14.8. The molecule has 224 valence electrons. The van der Waals surface area contributed by atoms with E-state index in [1.165, 1.54) is 23.9 Å². The maximum atomic E-state index is 13.5. The number of anilines is 1. The van der Waals surface area contributed by atoms with Crippen LogP contribution in [0.2, 0.25) is 0 Å². The van der Waals surface area contributed by atoms with Crippen molar-refractivity contribution in [1.29, 1.82) is 0 Å². The van der Waals surface area contributed by atoms with Crippen molar-refractivity contribution < 1.29 is 18.3 Å². The number of imidazole rings is 1. The molecule has 3 aliphatic rings. The molecule has 1 unspecified atom stereocenters. The number of hydrogen-bond donors (Lipinski definition) is 1. The minimum atomic E-state index is -2.72. The molecular weight excluding hydrogens is 554 g/mol. The normalized spacial score (nSPS) is 19.3. The first-order chi connectivity index (χ1) is 20.8. The minimum Gasteiger partial charge on any atom is -0.491 e. The number of alkyl halides is 2. The number of nitrogens with one attached hydrogen (secondary N) is 1. The van der Waals surface area contributed by atoms with E-state index in [-0.39, 0.29) is 12.0 Å². The third kappa shape index (κ3) is 5.51. The van der Waals surface area contributed by atoms with Gasteiger partial charge in [-0.3, -0.25) is 14.7 Å². The van der Waals surface area contributed by atoms with Gasteiger partial charge in [-0.15, -0.1) is 0 Å². The van der Waals surface area contributed by atoms with Crippen LogP contribution in [0.4, 0.5) is 14.6 Å². The third-order valence-corrected chi connectivity index (χ3v) is 8.71. The van der Waals surface area contributed by atoms with Gasteiger partial charge in [0.15, 0.2) is 11.6 Å². The number of ether oxygens (including phenoxy) is 1. The molecule has 7 rings (SSSR count). The zero-order valence-corrected chi connectivity index (χ0v) is 24.3. The Morgan fingerprint density at radius 3 is 2.60 bits per heavy atom. The molecule has 2 saturated heterocycles. The number of rotatable bonds is 8. The summed E-state index contributed by atoms with van der Waals surface area (Å²) >= 11 is 0. The summed E-state index contributed by atoms with van der Waals surface area (Å²) in [6.45, 7) is 4.73. The van der Waals surface area contributed by atoms with Gasteiger partial charge in [-0.1, -0.05) is 6.07 Å². The van der Waals surface area contributed by atoms with E-state index in [2.05, 4.69) is 43.9 Å². The molecule has 0 spiro atoms. The van der Waals surface area contributed by atoms with Gasteiger partial charge in [0, 0.05) is 62.0 Å². The number of aromatic amines is 1. The molecule has 1 aliphatic carbocycles. The number of benzene rings is 1. The van der Waals surface area contributed by atoms with E-state index < -0.39 is 19.0 Å². The molecule has 5 heterocycles. The van der Waals surface area contributed by atoms with Crippen molar-refractivity contribution in [3.8, 4) is 17.0 Å². The van der Waals surface area contributed by atoms with Gasteiger partial charge in [-0.05, 0) is 49.6 Å². The van der Waals surface area contributed by atoms with Crippen molar-refractivity contribution in [3.05, 3.63) is 59.9 Å². The highest BCUT2D eigenvalue weighted by molar-refractivity contribution is 5.84. The van der Waals surface area contributed by atoms with E-state index >= 15 is 0 Å². The SMILES string of the molecule is COc1c(-c2ccc3nc(Cc4cc(C(C)N5CCN(C(=O)C6CC6)CC5)ccn4)[nH]c3c2)ncnc1N1CC(F)(F)C1. The first-order valence-electron chi connectivity index (χ1n) is 14.8. The third-order valence-electron chi connectivity index (χ3n) is 8.71. The average molecular weight is 589 g/mol. The number of pyridine rings is 1. The number of piperazine rings is 1. The van der Waals surface area contributed by atoms with E-state index in [0.29, 0.717) is 29.6 Å². The Balaban J connectivity index is 1.06. The highest BCUT2D eigenvalue weighted by Gasteiger charge is 2.45. The fourth-order valence-corrected chi connectivity index (χ4v) is 6.09. The van der Waals surface area contributed by atoms with Crippen molar-refractivity contribution >= 4 is 22.8 Å². The predicted octanol–water partition coefficient (Wildman–Crippen LogP) is 4.08. The molecule has 43 heavy (non-hydrogen) atoms. The number of methoxy groups -OCH3 is 1. The zero-order chi connectivity index (χ0) is 29.7. The second-order valence-electron chi connectivity index (χ2n) is 11.8. The summed E-state index contributed by atoms with van der Waals surface area (Å²) in [4.78, 5) is 39.8. The molecule has 3 aromatic heterocycles. The van der Waals surface area contributed by atoms with E-state index in [0.717, 1.165) is 67.1 Å². The molecule has 1 amide bonds. The van der Waals surface area contributed by atoms with Gasteiger partial charge in [-0.25, -0.2) is 23.7 Å². The van der Waals surface area contributed by atoms with Crippen LogP contribution in [0.3, 0.4) is 0 Å². The molecule has 3 fully saturated rings. The van der Waals surface area contributed by atoms with Crippen LogP contribution in [0.1, 0.15) is 42.9 Å². The van der Waals surface area contributed by atoms with E-state index in [1.807, 2.05) is 29.3 Å². The van der Waals surface area contributed by atoms with Gasteiger partial charge in [0.2, 0.25) is 5.91 Å². The Bertz CT molecular complexity index is 1660. The lowest BCUT2D eigenvalue weighted by Crippen LogP contribution is -2.56. The lowest BCUT2D eigenvalue weighted by Gasteiger charge is -2.40. The maximum absolute atomic E-state index is 13.5. The van der Waals surface area contributed by atoms with Gasteiger partial charge in [0.1, 0.15) is 17.8 Å². The van der Waals surface area contributed by atoms with E-state index in [4.69, 9.17) is 9.72 Å². The monoisotopic (exact) mass is 588 g/mol. The molecule has 1 atom stereocenters. The summed E-state index contributed by atoms with van der Waals surface area (Å²) < 4.78 is 32.6. The Morgan fingerprint density at radius 1 is 1.09 bits per heavy atom. The fraction of sp³-hybridized carbons (Fsp3) is 0.452. The van der Waals surface area contributed by atoms with Gasteiger partial charge in [0.25, 0.3) is 5.92 Å². The maximum Gasteiger partial charge on any atom is 0.282 e. The molecule has 1 N–H and O–H groups in total. The van der Waals surface area contributed by atoms with Crippen LogP contribution in [-0.4, -0.2) is 92.9 Å². The van der Waals surface area contributed by atoms with E-state index in [9.17, 15) is 13.6 Å². The average Bonchev–Trinajstić information content (AvgIpc) is 3.78. The number of carbonyl (C=O) groups is 1. The van der Waals surface area contributed by atoms with Crippen LogP contribution in [-0.2, 0) is 11.2 Å². The summed E-state index contributed by atoms with van der Waals surface area (Å²) in [5.74, 6) is -0.611. The Morgan fingerprint density at radius 2 is 1.88 bits per heavy atom. The second-order valence-corrected chi connectivity index (χ2v) is 11.8. The molecule has 1 saturated carbocycles. The predicted molar refractivity (Wildman–Crippen MR) is 157 cm³/mol. The summed E-state index contributed by atoms with van der Waals surface area (Å²) in [7, 11) is 1.49. The smallest absolute Gasteiger partial charge is 0.282 e. The molecule has 12 heteroatoms. The molecule has 2 aliphatic heterocycles. The molecule has 1 aromatic carbocycles. The largest absolute Gasteiger partial charge is 0.491 e. The van der Waals surface area contributed by atoms with Gasteiger partial charge < -0.3 is 19.5 Å². The number of nitrogens with zero attached hydrogens (tertiary/aromatic N) is 7. The van der Waals surface area contributed by atoms with Crippen LogP contribution in [0, 0.1) is 5.92 Å². The number of fused-ring (bicyclic) bond motifs is 1. The molecule has 0 bridgehead atoms. The summed E-state index contributed by atoms with van der Waals surface area (Å²) in [6, 6.07) is 10.1. The van der Waals surface area contributed by atoms with Crippen LogP contribution in [0.25, 0.3) is 22.3 Å². The molecular formula is C31H34F2N8O2. The van der Waals surface area contributed by atoms with E-state index in [1.54, 1.807) is 0 Å². The van der Waals surface area contributed by atoms with Crippen molar-refractivity contribution in [2.75, 3.05) is 51.3 Å². The second kappa shape index (κ2) is 10.8. The number of halogens is 2. The number of amides is 1. The molecule has 4 aromatic rings. The van der Waals surface area contributed by atoms with Crippen molar-refractivity contribution in [2.45, 2.75) is 38.2 Å². The van der Waals surface area contributed by atoms with Crippen molar-refractivity contribution in [2.24, 2.45) is 5.92 Å². The minimum absolute atomic E-state index is 0.216. The summed E-state index contributed by atoms with van der Waals surface area (Å²) in [6.07, 6.45) is 5.85. The lowest BCUT2D eigenvalue weighted by atomic mass is 10.1.